The van der Waals surface area contributed by atoms with Gasteiger partial charge in [-0.1, -0.05) is 6.07 Å². The number of ether oxygens (including phenoxy) is 1. The lowest BCUT2D eigenvalue weighted by atomic mass is 9.99. The molecule has 0 aliphatic rings. The molecule has 1 aromatic heterocycles. The molecule has 1 heterocycles. The van der Waals surface area contributed by atoms with Gasteiger partial charge in [-0.2, -0.15) is 0 Å². The zero-order valence-corrected chi connectivity index (χ0v) is 11.4. The minimum absolute atomic E-state index is 0.309. The molecule has 2 rings (SSSR count). The molecule has 2 aromatic rings. The van der Waals surface area contributed by atoms with E-state index in [0.29, 0.717) is 17.9 Å². The maximum absolute atomic E-state index is 13.8. The van der Waals surface area contributed by atoms with E-state index in [1.54, 1.807) is 26.4 Å². The predicted molar refractivity (Wildman–Crippen MR) is 72.7 cm³/mol. The number of hydrogen-bond acceptors (Lipinski definition) is 3. The lowest BCUT2D eigenvalue weighted by molar-refractivity contribution is 0.397. The van der Waals surface area contributed by atoms with Crippen LogP contribution in [0.5, 0.6) is 5.88 Å². The number of nitrogens with zero attached hydrogens (tertiary/aromatic N) is 1. The van der Waals surface area contributed by atoms with Gasteiger partial charge in [-0.05, 0) is 37.2 Å². The number of hydrogen-bond donors (Lipinski definition) is 1. The highest BCUT2D eigenvalue weighted by atomic mass is 19.1. The fourth-order valence-corrected chi connectivity index (χ4v) is 2.04. The van der Waals surface area contributed by atoms with Gasteiger partial charge in [-0.3, -0.25) is 0 Å². The third kappa shape index (κ3) is 3.30. The Balaban J connectivity index is 2.21. The van der Waals surface area contributed by atoms with Gasteiger partial charge in [0.2, 0.25) is 5.88 Å². The van der Waals surface area contributed by atoms with Crippen molar-refractivity contribution < 1.29 is 13.5 Å². The second kappa shape index (κ2) is 6.43. The number of likely N-dealkylation sites (N-methyl/N-ethyl adjacent to an activating group) is 1. The molecule has 0 saturated carbocycles. The number of halogens is 2. The Kier molecular flexibility index (Phi) is 4.63. The van der Waals surface area contributed by atoms with Gasteiger partial charge in [0.25, 0.3) is 0 Å². The monoisotopic (exact) mass is 278 g/mol. The third-order valence-corrected chi connectivity index (χ3v) is 3.13. The van der Waals surface area contributed by atoms with Gasteiger partial charge in [-0.15, -0.1) is 0 Å². The first-order chi connectivity index (χ1) is 9.63. The average molecular weight is 278 g/mol. The zero-order valence-electron chi connectivity index (χ0n) is 11.4. The SMILES string of the molecule is CNC(Cc1ccc(OC)nc1)c1cc(F)ccc1F. The molecule has 0 radical (unpaired) electrons. The molecule has 106 valence electrons. The molecule has 0 saturated heterocycles. The van der Waals surface area contributed by atoms with Crippen molar-refractivity contribution in [2.45, 2.75) is 12.5 Å². The quantitative estimate of drug-likeness (QED) is 0.913. The Morgan fingerprint density at radius 1 is 1.25 bits per heavy atom. The highest BCUT2D eigenvalue weighted by Gasteiger charge is 2.15. The molecule has 1 atom stereocenters. The maximum atomic E-state index is 13.8. The van der Waals surface area contributed by atoms with E-state index in [4.69, 9.17) is 4.74 Å². The van der Waals surface area contributed by atoms with Gasteiger partial charge in [-0.25, -0.2) is 13.8 Å². The average Bonchev–Trinajstić information content (AvgIpc) is 2.48. The minimum Gasteiger partial charge on any atom is -0.481 e. The number of methoxy groups -OCH3 is 1. The molecule has 3 nitrogen and oxygen atoms in total. The lowest BCUT2D eigenvalue weighted by Gasteiger charge is -2.17. The molecule has 0 bridgehead atoms. The van der Waals surface area contributed by atoms with Gasteiger partial charge >= 0.3 is 0 Å². The number of aromatic nitrogens is 1. The zero-order chi connectivity index (χ0) is 14.5. The van der Waals surface area contributed by atoms with Crippen LogP contribution < -0.4 is 10.1 Å². The molecule has 0 fully saturated rings. The summed E-state index contributed by atoms with van der Waals surface area (Å²) < 4.78 is 32.0. The molecule has 1 aromatic carbocycles. The molecule has 0 amide bonds. The lowest BCUT2D eigenvalue weighted by Crippen LogP contribution is -2.20. The van der Waals surface area contributed by atoms with Crippen molar-refractivity contribution in [1.29, 1.82) is 0 Å². The molecule has 20 heavy (non-hydrogen) atoms. The normalized spacial score (nSPS) is 12.2. The Morgan fingerprint density at radius 2 is 2.05 bits per heavy atom. The van der Waals surface area contributed by atoms with Crippen molar-refractivity contribution in [2.24, 2.45) is 0 Å². The van der Waals surface area contributed by atoms with E-state index in [2.05, 4.69) is 10.3 Å². The predicted octanol–water partition coefficient (Wildman–Crippen LogP) is 2.87. The van der Waals surface area contributed by atoms with Crippen LogP contribution in [0.25, 0.3) is 0 Å². The highest BCUT2D eigenvalue weighted by Crippen LogP contribution is 2.22. The van der Waals surface area contributed by atoms with E-state index in [-0.39, 0.29) is 6.04 Å². The molecular formula is C15H16F2N2O. The summed E-state index contributed by atoms with van der Waals surface area (Å²) >= 11 is 0. The summed E-state index contributed by atoms with van der Waals surface area (Å²) in [4.78, 5) is 4.10. The Bertz CT molecular complexity index is 573. The van der Waals surface area contributed by atoms with Crippen molar-refractivity contribution in [2.75, 3.05) is 14.2 Å². The number of pyridine rings is 1. The maximum Gasteiger partial charge on any atom is 0.212 e. The van der Waals surface area contributed by atoms with Gasteiger partial charge in [0.1, 0.15) is 11.6 Å². The van der Waals surface area contributed by atoms with E-state index < -0.39 is 11.6 Å². The second-order valence-corrected chi connectivity index (χ2v) is 4.42. The largest absolute Gasteiger partial charge is 0.481 e. The van der Waals surface area contributed by atoms with Crippen LogP contribution in [0.4, 0.5) is 8.78 Å². The Labute approximate surface area is 116 Å². The number of benzene rings is 1. The van der Waals surface area contributed by atoms with Crippen LogP contribution in [0.1, 0.15) is 17.2 Å². The number of nitrogens with one attached hydrogen (secondary N) is 1. The molecular weight excluding hydrogens is 262 g/mol. The van der Waals surface area contributed by atoms with Gasteiger partial charge in [0.15, 0.2) is 0 Å². The van der Waals surface area contributed by atoms with Crippen LogP contribution in [0, 0.1) is 11.6 Å². The minimum atomic E-state index is -0.450. The Hall–Kier alpha value is -2.01. The van der Waals surface area contributed by atoms with Crippen LogP contribution in [0.3, 0.4) is 0 Å². The highest BCUT2D eigenvalue weighted by molar-refractivity contribution is 5.26. The first-order valence-electron chi connectivity index (χ1n) is 6.25. The summed E-state index contributed by atoms with van der Waals surface area (Å²) in [6, 6.07) is 6.74. The first-order valence-corrected chi connectivity index (χ1v) is 6.25. The van der Waals surface area contributed by atoms with Crippen molar-refractivity contribution in [3.05, 3.63) is 59.3 Å². The third-order valence-electron chi connectivity index (χ3n) is 3.13. The van der Waals surface area contributed by atoms with Crippen LogP contribution in [-0.2, 0) is 6.42 Å². The first kappa shape index (κ1) is 14.4. The second-order valence-electron chi connectivity index (χ2n) is 4.42. The van der Waals surface area contributed by atoms with E-state index in [1.807, 2.05) is 6.07 Å². The van der Waals surface area contributed by atoms with E-state index in [9.17, 15) is 8.78 Å². The van der Waals surface area contributed by atoms with Crippen molar-refractivity contribution in [3.8, 4) is 5.88 Å². The Morgan fingerprint density at radius 3 is 2.65 bits per heavy atom. The van der Waals surface area contributed by atoms with E-state index in [0.717, 1.165) is 17.7 Å². The smallest absolute Gasteiger partial charge is 0.212 e. The summed E-state index contributed by atoms with van der Waals surface area (Å²) in [5, 5.41) is 3.00. The molecule has 5 heteroatoms. The van der Waals surface area contributed by atoms with Crippen molar-refractivity contribution in [1.82, 2.24) is 10.3 Å². The van der Waals surface area contributed by atoms with E-state index >= 15 is 0 Å². The molecule has 0 spiro atoms. The standard InChI is InChI=1S/C15H16F2N2O/c1-18-14(12-8-11(16)4-5-13(12)17)7-10-3-6-15(20-2)19-9-10/h3-6,8-9,14,18H,7H2,1-2H3. The fraction of sp³-hybridized carbons (Fsp3) is 0.267. The number of rotatable bonds is 5. The fourth-order valence-electron chi connectivity index (χ4n) is 2.04. The summed E-state index contributed by atoms with van der Waals surface area (Å²) in [5.74, 6) is -0.353. The van der Waals surface area contributed by atoms with Gasteiger partial charge in [0.05, 0.1) is 7.11 Å². The van der Waals surface area contributed by atoms with Crippen LogP contribution in [-0.4, -0.2) is 19.1 Å². The van der Waals surface area contributed by atoms with Gasteiger partial charge in [0, 0.05) is 23.9 Å². The summed E-state index contributed by atoms with van der Waals surface area (Å²) in [7, 11) is 3.26. The molecule has 1 N–H and O–H groups in total. The molecule has 0 aliphatic heterocycles. The summed E-state index contributed by atoms with van der Waals surface area (Å²) in [5.41, 5.74) is 1.22. The summed E-state index contributed by atoms with van der Waals surface area (Å²) in [6.07, 6.45) is 2.17. The van der Waals surface area contributed by atoms with E-state index in [1.165, 1.54) is 6.07 Å². The van der Waals surface area contributed by atoms with Crippen LogP contribution in [0.15, 0.2) is 36.5 Å². The van der Waals surface area contributed by atoms with Crippen molar-refractivity contribution in [3.63, 3.8) is 0 Å². The topological polar surface area (TPSA) is 34.1 Å². The van der Waals surface area contributed by atoms with Gasteiger partial charge < -0.3 is 10.1 Å². The summed E-state index contributed by atoms with van der Waals surface area (Å²) in [6.45, 7) is 0. The van der Waals surface area contributed by atoms with Crippen molar-refractivity contribution >= 4 is 0 Å². The van der Waals surface area contributed by atoms with Crippen LogP contribution >= 0.6 is 0 Å². The molecule has 1 unspecified atom stereocenters. The van der Waals surface area contributed by atoms with Crippen LogP contribution in [0.2, 0.25) is 0 Å². The molecule has 0 aliphatic carbocycles.